The van der Waals surface area contributed by atoms with E-state index in [0.29, 0.717) is 25.1 Å². The topological polar surface area (TPSA) is 179 Å². The first-order valence-corrected chi connectivity index (χ1v) is 19.7. The van der Waals surface area contributed by atoms with Gasteiger partial charge in [0, 0.05) is 44.4 Å². The summed E-state index contributed by atoms with van der Waals surface area (Å²) in [6.45, 7) is 12.7. The minimum atomic E-state index is -1.01. The van der Waals surface area contributed by atoms with E-state index in [9.17, 15) is 24.3 Å². The number of carbonyl (C=O) groups excluding carboxylic acids is 4. The maximum absolute atomic E-state index is 14.4. The predicted molar refractivity (Wildman–Crippen MR) is 214 cm³/mol. The van der Waals surface area contributed by atoms with Crippen LogP contribution in [0.4, 0.5) is 4.79 Å². The third kappa shape index (κ3) is 14.5. The van der Waals surface area contributed by atoms with E-state index >= 15 is 0 Å². The van der Waals surface area contributed by atoms with E-state index in [-0.39, 0.29) is 40.5 Å². The van der Waals surface area contributed by atoms with Crippen molar-refractivity contribution in [3.63, 3.8) is 0 Å². The summed E-state index contributed by atoms with van der Waals surface area (Å²) in [5, 5.41) is 20.8. The molecule has 0 radical (unpaired) electrons. The van der Waals surface area contributed by atoms with Crippen molar-refractivity contribution in [2.75, 3.05) is 34.4 Å². The number of methoxy groups -OCH3 is 3. The molecule has 2 amide bonds. The smallest absolute Gasteiger partial charge is 0.405 e. The van der Waals surface area contributed by atoms with Crippen LogP contribution in [-0.2, 0) is 33.3 Å². The van der Waals surface area contributed by atoms with Crippen LogP contribution in [0.2, 0.25) is 0 Å². The number of ketones is 2. The highest BCUT2D eigenvalue weighted by Crippen LogP contribution is 2.31. The molecule has 2 rings (SSSR count). The molecule has 6 unspecified atom stereocenters. The molecule has 0 spiro atoms. The molecule has 308 valence electrons. The fourth-order valence-corrected chi connectivity index (χ4v) is 6.80. The molecule has 1 aliphatic carbocycles. The lowest BCUT2D eigenvalue weighted by Crippen LogP contribution is -2.38. The number of nitrogens with one attached hydrogen (secondary N) is 1. The fraction of sp³-hybridized carbons (Fsp3) is 0.643. The maximum Gasteiger partial charge on any atom is 0.405 e. The van der Waals surface area contributed by atoms with Gasteiger partial charge in [-0.05, 0) is 51.0 Å². The number of unbranched alkanes of at least 4 members (excludes halogenated alkanes) is 6. The van der Waals surface area contributed by atoms with Crippen LogP contribution in [0.5, 0.6) is 0 Å². The highest BCUT2D eigenvalue weighted by Gasteiger charge is 2.38. The quantitative estimate of drug-likeness (QED) is 0.0536. The van der Waals surface area contributed by atoms with Gasteiger partial charge in [0.05, 0.1) is 31.1 Å². The highest BCUT2D eigenvalue weighted by molar-refractivity contribution is 6.32. The van der Waals surface area contributed by atoms with Crippen molar-refractivity contribution in [2.45, 2.75) is 130 Å². The Balaban J connectivity index is 2.73. The van der Waals surface area contributed by atoms with E-state index in [1.165, 1.54) is 33.6 Å². The Hall–Kier alpha value is -4.07. The number of amides is 2. The molecule has 55 heavy (non-hydrogen) atoms. The van der Waals surface area contributed by atoms with Crippen LogP contribution in [-0.4, -0.2) is 98.7 Å². The minimum absolute atomic E-state index is 0.0700. The number of Topliss-reactive ketones (excluding diaryl/α,β-unsaturated/α-hetero) is 2. The van der Waals surface area contributed by atoms with E-state index in [1.54, 1.807) is 32.1 Å². The Morgan fingerprint density at radius 2 is 1.62 bits per heavy atom. The number of aliphatic hydroxyl groups is 1. The highest BCUT2D eigenvalue weighted by atomic mass is 16.6. The van der Waals surface area contributed by atoms with Crippen molar-refractivity contribution >= 4 is 29.8 Å². The average Bonchev–Trinajstić information content (AvgIpc) is 3.15. The van der Waals surface area contributed by atoms with Crippen molar-refractivity contribution in [1.29, 1.82) is 0 Å². The number of nitrogens with zero attached hydrogens (tertiary/aromatic N) is 2. The van der Waals surface area contributed by atoms with Gasteiger partial charge in [-0.15, -0.1) is 0 Å². The van der Waals surface area contributed by atoms with E-state index in [4.69, 9.17) is 29.8 Å². The lowest BCUT2D eigenvalue weighted by Gasteiger charge is -2.30. The van der Waals surface area contributed by atoms with Gasteiger partial charge in [0.25, 0.3) is 5.91 Å². The molecule has 0 aromatic heterocycles. The van der Waals surface area contributed by atoms with Gasteiger partial charge in [-0.1, -0.05) is 90.5 Å². The summed E-state index contributed by atoms with van der Waals surface area (Å²) < 4.78 is 22.4. The largest absolute Gasteiger partial charge is 0.492 e. The number of ether oxygens (including phenoxy) is 4. The first-order valence-electron chi connectivity index (χ1n) is 19.7. The lowest BCUT2D eigenvalue weighted by atomic mass is 9.84. The van der Waals surface area contributed by atoms with Crippen LogP contribution in [0.3, 0.4) is 0 Å². The molecule has 2 bridgehead atoms. The number of allylic oxidation sites excluding steroid dienone is 4. The van der Waals surface area contributed by atoms with Crippen LogP contribution in [0, 0.1) is 11.8 Å². The molecule has 0 fully saturated rings. The summed E-state index contributed by atoms with van der Waals surface area (Å²) in [6.07, 6.45) is 12.2. The van der Waals surface area contributed by atoms with Gasteiger partial charge in [-0.2, -0.15) is 5.10 Å². The zero-order chi connectivity index (χ0) is 41.1. The van der Waals surface area contributed by atoms with Gasteiger partial charge in [-0.25, -0.2) is 4.79 Å². The third-order valence-electron chi connectivity index (χ3n) is 10.0. The molecule has 0 saturated carbocycles. The molecule has 1 heterocycles. The second kappa shape index (κ2) is 24.4. The SMILES string of the molecule is CCCCCCN(CCCCCC)/N=C/C1=C2NC(=O)/C(C)=C/C=C\C(OC)C(OC(N)=O)/C(C)=C/C(C)C(O)C(OC)CC(C)CC(=C(OC)C1=O)C2=O. The Morgan fingerprint density at radius 1 is 0.982 bits per heavy atom. The van der Waals surface area contributed by atoms with E-state index in [1.807, 2.05) is 18.9 Å². The summed E-state index contributed by atoms with van der Waals surface area (Å²) in [5.41, 5.74) is 6.08. The number of primary amides is 1. The minimum Gasteiger partial charge on any atom is -0.492 e. The Bertz CT molecular complexity index is 1480. The van der Waals surface area contributed by atoms with Gasteiger partial charge in [0.1, 0.15) is 11.8 Å². The zero-order valence-corrected chi connectivity index (χ0v) is 34.5. The van der Waals surface area contributed by atoms with Crippen LogP contribution < -0.4 is 11.1 Å². The van der Waals surface area contributed by atoms with Gasteiger partial charge in [0.2, 0.25) is 11.6 Å². The van der Waals surface area contributed by atoms with Crippen molar-refractivity contribution in [1.82, 2.24) is 10.3 Å². The van der Waals surface area contributed by atoms with Crippen LogP contribution in [0.25, 0.3) is 0 Å². The van der Waals surface area contributed by atoms with Gasteiger partial charge in [-0.3, -0.25) is 19.4 Å². The first-order chi connectivity index (χ1) is 26.2. The molecule has 6 atom stereocenters. The number of hydrogen-bond acceptors (Lipinski definition) is 11. The number of hydrogen-bond donors (Lipinski definition) is 3. The summed E-state index contributed by atoms with van der Waals surface area (Å²) >= 11 is 0. The average molecular weight is 771 g/mol. The Morgan fingerprint density at radius 3 is 2.16 bits per heavy atom. The number of nitrogens with two attached hydrogens (primary N) is 1. The number of hydrazone groups is 1. The molecular weight excluding hydrogens is 704 g/mol. The lowest BCUT2D eigenvalue weighted by molar-refractivity contribution is -0.121. The van der Waals surface area contributed by atoms with Crippen LogP contribution >= 0.6 is 0 Å². The maximum atomic E-state index is 14.4. The van der Waals surface area contributed by atoms with Gasteiger partial charge >= 0.3 is 6.09 Å². The second-order valence-corrected chi connectivity index (χ2v) is 14.6. The molecule has 1 aliphatic heterocycles. The first kappa shape index (κ1) is 47.1. The van der Waals surface area contributed by atoms with Crippen molar-refractivity contribution in [3.8, 4) is 0 Å². The Kier molecular flexibility index (Phi) is 20.9. The fourth-order valence-electron chi connectivity index (χ4n) is 6.80. The summed E-state index contributed by atoms with van der Waals surface area (Å²) in [5.74, 6) is -2.58. The number of carbonyl (C=O) groups is 4. The van der Waals surface area contributed by atoms with Gasteiger partial charge < -0.3 is 35.1 Å². The van der Waals surface area contributed by atoms with Crippen LogP contribution in [0.15, 0.2) is 63.2 Å². The monoisotopic (exact) mass is 770 g/mol. The predicted octanol–water partition coefficient (Wildman–Crippen LogP) is 6.23. The van der Waals surface area contributed by atoms with Crippen molar-refractivity contribution in [3.05, 3.63) is 58.1 Å². The normalized spacial score (nSPS) is 27.3. The van der Waals surface area contributed by atoms with Crippen molar-refractivity contribution in [2.24, 2.45) is 22.7 Å². The van der Waals surface area contributed by atoms with Gasteiger partial charge in [0.15, 0.2) is 11.9 Å². The molecule has 0 saturated heterocycles. The molecule has 13 heteroatoms. The number of aliphatic hydroxyl groups excluding tert-OH is 1. The summed E-state index contributed by atoms with van der Waals surface area (Å²) in [4.78, 5) is 54.2. The molecule has 0 aromatic rings. The molecule has 4 N–H and O–H groups in total. The van der Waals surface area contributed by atoms with Crippen LogP contribution in [0.1, 0.15) is 106 Å². The summed E-state index contributed by atoms with van der Waals surface area (Å²) in [6, 6.07) is 0. The summed E-state index contributed by atoms with van der Waals surface area (Å²) in [7, 11) is 4.28. The van der Waals surface area contributed by atoms with E-state index < -0.39 is 53.9 Å². The standard InChI is InChI=1S/C42H66N4O9/c1-10-12-14-16-21-46(22-17-15-13-11-2)44-26-32-35-37(48)31(40(54-9)38(32)49)23-27(3)24-34(53-8)36(47)29(5)25-30(6)39(55-42(43)51)33(52-7)20-18-19-28(4)41(50)45-35/h18-20,25-27,29,33-34,36,39,47H,10-17,21-24H2,1-9H3,(H2,43,51)(H,45,50)/b20-18-,28-19+,30-25+,44-26+. The third-order valence-corrected chi connectivity index (χ3v) is 10.0. The van der Waals surface area contributed by atoms with E-state index in [0.717, 1.165) is 51.4 Å². The zero-order valence-electron chi connectivity index (χ0n) is 34.5. The molecular formula is C42H66N4O9. The molecule has 2 aliphatic rings. The molecule has 13 nitrogen and oxygen atoms in total. The number of fused-ring (bicyclic) bond motifs is 2. The molecule has 0 aromatic carbocycles. The number of rotatable bonds is 16. The Labute approximate surface area is 328 Å². The van der Waals surface area contributed by atoms with E-state index in [2.05, 4.69) is 19.2 Å². The van der Waals surface area contributed by atoms with Crippen molar-refractivity contribution < 1.29 is 43.2 Å². The second-order valence-electron chi connectivity index (χ2n) is 14.6.